The van der Waals surface area contributed by atoms with Gasteiger partial charge in [0.2, 0.25) is 5.91 Å². The molecular formula is C20H25N3O3. The number of amides is 1. The lowest BCUT2D eigenvalue weighted by Crippen LogP contribution is -2.51. The second kappa shape index (κ2) is 7.21. The average molecular weight is 355 g/mol. The van der Waals surface area contributed by atoms with E-state index in [9.17, 15) is 9.59 Å². The van der Waals surface area contributed by atoms with Crippen LogP contribution < -0.4 is 10.7 Å². The molecular weight excluding hydrogens is 330 g/mol. The molecule has 2 aliphatic rings. The molecule has 0 spiro atoms. The van der Waals surface area contributed by atoms with Crippen molar-refractivity contribution in [2.24, 2.45) is 0 Å². The number of carbonyl (C=O) groups is 1. The predicted molar refractivity (Wildman–Crippen MR) is 100 cm³/mol. The lowest BCUT2D eigenvalue weighted by molar-refractivity contribution is -0.122. The molecule has 0 saturated carbocycles. The zero-order chi connectivity index (χ0) is 18.1. The highest BCUT2D eigenvalue weighted by molar-refractivity contribution is 5.82. The summed E-state index contributed by atoms with van der Waals surface area (Å²) in [4.78, 5) is 27.3. The number of para-hydroxylation sites is 1. The van der Waals surface area contributed by atoms with Crippen molar-refractivity contribution >= 4 is 16.8 Å². The fourth-order valence-corrected chi connectivity index (χ4v) is 4.17. The van der Waals surface area contributed by atoms with Gasteiger partial charge in [-0.25, -0.2) is 0 Å². The number of rotatable bonds is 4. The topological polar surface area (TPSA) is 63.6 Å². The number of carbonyl (C=O) groups excluding carboxylic acids is 1. The molecule has 2 atom stereocenters. The summed E-state index contributed by atoms with van der Waals surface area (Å²) in [6.45, 7) is 5.50. The molecule has 4 rings (SSSR count). The Kier molecular flexibility index (Phi) is 4.78. The van der Waals surface area contributed by atoms with E-state index in [1.165, 1.54) is 12.8 Å². The van der Waals surface area contributed by atoms with Gasteiger partial charge < -0.3 is 14.6 Å². The molecule has 0 bridgehead atoms. The first-order valence-corrected chi connectivity index (χ1v) is 9.34. The smallest absolute Gasteiger partial charge is 0.240 e. The number of aryl methyl sites for hydroxylation is 1. The monoisotopic (exact) mass is 355 g/mol. The maximum absolute atomic E-state index is 12.7. The Hall–Kier alpha value is -2.18. The van der Waals surface area contributed by atoms with Crippen LogP contribution in [0.5, 0.6) is 0 Å². The normalized spacial score (nSPS) is 23.6. The third kappa shape index (κ3) is 3.27. The number of benzene rings is 1. The molecule has 3 heterocycles. The van der Waals surface area contributed by atoms with Gasteiger partial charge in [0.15, 0.2) is 5.43 Å². The highest BCUT2D eigenvalue weighted by Crippen LogP contribution is 2.19. The Morgan fingerprint density at radius 2 is 2.00 bits per heavy atom. The quantitative estimate of drug-likeness (QED) is 0.898. The second-order valence-corrected chi connectivity index (χ2v) is 7.28. The van der Waals surface area contributed by atoms with Crippen LogP contribution in [0.2, 0.25) is 0 Å². The van der Waals surface area contributed by atoms with Crippen molar-refractivity contribution in [2.45, 2.75) is 38.4 Å². The second-order valence-electron chi connectivity index (χ2n) is 7.28. The van der Waals surface area contributed by atoms with E-state index in [4.69, 9.17) is 4.74 Å². The average Bonchev–Trinajstić information content (AvgIpc) is 3.30. The first kappa shape index (κ1) is 17.2. The number of nitrogens with one attached hydrogen (secondary N) is 1. The van der Waals surface area contributed by atoms with E-state index in [-0.39, 0.29) is 30.0 Å². The minimum absolute atomic E-state index is 0.00644. The molecule has 1 aromatic carbocycles. The van der Waals surface area contributed by atoms with Crippen molar-refractivity contribution < 1.29 is 9.53 Å². The van der Waals surface area contributed by atoms with Gasteiger partial charge in [-0.2, -0.15) is 0 Å². The first-order chi connectivity index (χ1) is 12.6. The number of ether oxygens (including phenoxy) is 1. The van der Waals surface area contributed by atoms with E-state index in [0.717, 1.165) is 24.3 Å². The van der Waals surface area contributed by atoms with E-state index in [2.05, 4.69) is 10.2 Å². The van der Waals surface area contributed by atoms with Gasteiger partial charge in [0.25, 0.3) is 0 Å². The van der Waals surface area contributed by atoms with Crippen molar-refractivity contribution in [3.63, 3.8) is 0 Å². The Bertz CT molecular complexity index is 870. The molecule has 0 unspecified atom stereocenters. The van der Waals surface area contributed by atoms with Gasteiger partial charge in [-0.15, -0.1) is 0 Å². The maximum Gasteiger partial charge on any atom is 0.240 e. The lowest BCUT2D eigenvalue weighted by Gasteiger charge is -2.28. The van der Waals surface area contributed by atoms with Crippen molar-refractivity contribution in [1.29, 1.82) is 0 Å². The number of aromatic nitrogens is 1. The van der Waals surface area contributed by atoms with Crippen LogP contribution in [-0.4, -0.2) is 53.8 Å². The largest absolute Gasteiger partial charge is 0.378 e. The number of fused-ring (bicyclic) bond motifs is 1. The summed E-state index contributed by atoms with van der Waals surface area (Å²) in [5.41, 5.74) is 1.59. The standard InChI is InChI=1S/C20H25N3O3/c1-14-10-19(24)15-6-2-3-7-17(15)23(14)11-20(25)21-16-12-26-13-18(16)22-8-4-5-9-22/h2-3,6-7,10,16,18H,4-5,8-9,11-13H2,1H3,(H,21,25)/t16-,18-/m1/s1. The van der Waals surface area contributed by atoms with Gasteiger partial charge in [0.1, 0.15) is 6.54 Å². The van der Waals surface area contributed by atoms with Gasteiger partial charge in [0.05, 0.1) is 30.8 Å². The van der Waals surface area contributed by atoms with Crippen LogP contribution >= 0.6 is 0 Å². The van der Waals surface area contributed by atoms with Crippen LogP contribution in [0.4, 0.5) is 0 Å². The molecule has 2 aromatic rings. The molecule has 6 heteroatoms. The molecule has 2 fully saturated rings. The molecule has 1 N–H and O–H groups in total. The van der Waals surface area contributed by atoms with Gasteiger partial charge in [-0.05, 0) is 45.0 Å². The third-order valence-corrected chi connectivity index (χ3v) is 5.53. The summed E-state index contributed by atoms with van der Waals surface area (Å²) in [6.07, 6.45) is 2.44. The molecule has 2 saturated heterocycles. The van der Waals surface area contributed by atoms with Crippen LogP contribution in [0.25, 0.3) is 10.9 Å². The SMILES string of the molecule is Cc1cc(=O)c2ccccc2n1CC(=O)N[C@@H]1COC[C@H]1N1CCCC1. The Morgan fingerprint density at radius 3 is 2.81 bits per heavy atom. The molecule has 0 aliphatic carbocycles. The van der Waals surface area contributed by atoms with E-state index in [1.54, 1.807) is 12.1 Å². The Labute approximate surface area is 152 Å². The number of hydrogen-bond donors (Lipinski definition) is 1. The number of pyridine rings is 1. The highest BCUT2D eigenvalue weighted by Gasteiger charge is 2.35. The summed E-state index contributed by atoms with van der Waals surface area (Å²) in [7, 11) is 0. The zero-order valence-corrected chi connectivity index (χ0v) is 15.1. The third-order valence-electron chi connectivity index (χ3n) is 5.53. The van der Waals surface area contributed by atoms with Gasteiger partial charge in [-0.1, -0.05) is 12.1 Å². The minimum Gasteiger partial charge on any atom is -0.378 e. The molecule has 138 valence electrons. The van der Waals surface area contributed by atoms with Crippen LogP contribution in [0.3, 0.4) is 0 Å². The van der Waals surface area contributed by atoms with E-state index < -0.39 is 0 Å². The van der Waals surface area contributed by atoms with Crippen molar-refractivity contribution in [3.05, 3.63) is 46.2 Å². The highest BCUT2D eigenvalue weighted by atomic mass is 16.5. The van der Waals surface area contributed by atoms with Crippen LogP contribution in [-0.2, 0) is 16.1 Å². The maximum atomic E-state index is 12.7. The van der Waals surface area contributed by atoms with Crippen molar-refractivity contribution in [1.82, 2.24) is 14.8 Å². The minimum atomic E-state index is -0.0402. The van der Waals surface area contributed by atoms with E-state index in [1.807, 2.05) is 29.7 Å². The van der Waals surface area contributed by atoms with Crippen LogP contribution in [0.15, 0.2) is 35.1 Å². The van der Waals surface area contributed by atoms with Crippen LogP contribution in [0, 0.1) is 6.92 Å². The Morgan fingerprint density at radius 1 is 1.23 bits per heavy atom. The van der Waals surface area contributed by atoms with Crippen molar-refractivity contribution in [2.75, 3.05) is 26.3 Å². The predicted octanol–water partition coefficient (Wildman–Crippen LogP) is 1.29. The summed E-state index contributed by atoms with van der Waals surface area (Å²) in [5.74, 6) is -0.0402. The first-order valence-electron chi connectivity index (χ1n) is 9.34. The van der Waals surface area contributed by atoms with E-state index >= 15 is 0 Å². The lowest BCUT2D eigenvalue weighted by atomic mass is 10.1. The number of hydrogen-bond acceptors (Lipinski definition) is 4. The summed E-state index contributed by atoms with van der Waals surface area (Å²) in [5, 5.41) is 3.80. The molecule has 2 aliphatic heterocycles. The summed E-state index contributed by atoms with van der Waals surface area (Å²) >= 11 is 0. The fraction of sp³-hybridized carbons (Fsp3) is 0.500. The molecule has 0 radical (unpaired) electrons. The van der Waals surface area contributed by atoms with Gasteiger partial charge in [-0.3, -0.25) is 14.5 Å². The Balaban J connectivity index is 1.52. The molecule has 1 aromatic heterocycles. The number of nitrogens with zero attached hydrogens (tertiary/aromatic N) is 2. The van der Waals surface area contributed by atoms with E-state index in [0.29, 0.717) is 18.6 Å². The zero-order valence-electron chi connectivity index (χ0n) is 15.1. The van der Waals surface area contributed by atoms with Gasteiger partial charge in [0, 0.05) is 17.1 Å². The van der Waals surface area contributed by atoms with Crippen LogP contribution in [0.1, 0.15) is 18.5 Å². The van der Waals surface area contributed by atoms with Gasteiger partial charge >= 0.3 is 0 Å². The fourth-order valence-electron chi connectivity index (χ4n) is 4.17. The van der Waals surface area contributed by atoms with Crippen molar-refractivity contribution in [3.8, 4) is 0 Å². The number of likely N-dealkylation sites (tertiary alicyclic amines) is 1. The molecule has 26 heavy (non-hydrogen) atoms. The summed E-state index contributed by atoms with van der Waals surface area (Å²) < 4.78 is 7.55. The molecule has 6 nitrogen and oxygen atoms in total. The summed E-state index contributed by atoms with van der Waals surface area (Å²) in [6, 6.07) is 9.34. The molecule has 1 amide bonds.